The van der Waals surface area contributed by atoms with E-state index in [1.807, 2.05) is 6.07 Å². The summed E-state index contributed by atoms with van der Waals surface area (Å²) < 4.78 is 13.4. The maximum absolute atomic E-state index is 13.4. The van der Waals surface area contributed by atoms with Crippen LogP contribution in [-0.4, -0.2) is 51.1 Å². The van der Waals surface area contributed by atoms with E-state index in [0.717, 1.165) is 50.5 Å². The van der Waals surface area contributed by atoms with Crippen LogP contribution >= 0.6 is 24.0 Å². The van der Waals surface area contributed by atoms with E-state index in [4.69, 9.17) is 0 Å². The Hall–Kier alpha value is -0.890. The molecule has 1 saturated carbocycles. The third-order valence-electron chi connectivity index (χ3n) is 4.43. The zero-order valence-corrected chi connectivity index (χ0v) is 16.6. The Morgan fingerprint density at radius 2 is 2.09 bits per heavy atom. The molecule has 1 fully saturated rings. The van der Waals surface area contributed by atoms with Crippen LogP contribution in [-0.2, 0) is 5.41 Å². The van der Waals surface area contributed by atoms with Crippen molar-refractivity contribution in [2.45, 2.75) is 25.2 Å². The molecular formula is C17H28FIN4. The first-order valence-corrected chi connectivity index (χ1v) is 7.99. The van der Waals surface area contributed by atoms with Gasteiger partial charge in [-0.15, -0.1) is 24.0 Å². The average molecular weight is 434 g/mol. The summed E-state index contributed by atoms with van der Waals surface area (Å²) in [6.45, 7) is 5.81. The second-order valence-electron chi connectivity index (χ2n) is 6.04. The van der Waals surface area contributed by atoms with E-state index in [0.29, 0.717) is 0 Å². The van der Waals surface area contributed by atoms with E-state index in [9.17, 15) is 4.39 Å². The number of halogens is 2. The molecule has 0 bridgehead atoms. The number of likely N-dealkylation sites (N-methyl/N-ethyl adjacent to an activating group) is 1. The molecule has 0 aliphatic heterocycles. The number of benzene rings is 1. The highest BCUT2D eigenvalue weighted by atomic mass is 127. The van der Waals surface area contributed by atoms with Crippen LogP contribution < -0.4 is 10.6 Å². The molecule has 0 amide bonds. The zero-order chi connectivity index (χ0) is 16.0. The fourth-order valence-corrected chi connectivity index (χ4v) is 2.53. The molecule has 0 aromatic heterocycles. The highest BCUT2D eigenvalue weighted by Gasteiger charge is 2.44. The first-order chi connectivity index (χ1) is 10.6. The summed E-state index contributed by atoms with van der Waals surface area (Å²) in [5.74, 6) is 0.654. The molecule has 6 heteroatoms. The SMILES string of the molecule is CCN(C)CCNC(=NC)NCC1(c2cccc(F)c2)CC1.I. The van der Waals surface area contributed by atoms with Gasteiger partial charge in [0.1, 0.15) is 5.82 Å². The highest BCUT2D eigenvalue weighted by molar-refractivity contribution is 14.0. The van der Waals surface area contributed by atoms with Crippen LogP contribution in [0.1, 0.15) is 25.3 Å². The molecule has 2 N–H and O–H groups in total. The van der Waals surface area contributed by atoms with Gasteiger partial charge in [-0.25, -0.2) is 4.39 Å². The Balaban J connectivity index is 0.00000264. The zero-order valence-electron chi connectivity index (χ0n) is 14.2. The van der Waals surface area contributed by atoms with Crippen LogP contribution in [0.25, 0.3) is 0 Å². The van der Waals surface area contributed by atoms with Crippen LogP contribution in [0, 0.1) is 5.82 Å². The van der Waals surface area contributed by atoms with Gasteiger partial charge in [-0.3, -0.25) is 4.99 Å². The molecule has 0 saturated heterocycles. The van der Waals surface area contributed by atoms with Gasteiger partial charge in [0.25, 0.3) is 0 Å². The van der Waals surface area contributed by atoms with Crippen molar-refractivity contribution in [3.05, 3.63) is 35.6 Å². The van der Waals surface area contributed by atoms with Crippen molar-refractivity contribution >= 4 is 29.9 Å². The molecule has 4 nitrogen and oxygen atoms in total. The molecule has 1 aliphatic rings. The summed E-state index contributed by atoms with van der Waals surface area (Å²) >= 11 is 0. The molecule has 2 rings (SSSR count). The molecule has 0 atom stereocenters. The minimum atomic E-state index is -0.158. The largest absolute Gasteiger partial charge is 0.356 e. The fraction of sp³-hybridized carbons (Fsp3) is 0.588. The molecule has 130 valence electrons. The highest BCUT2D eigenvalue weighted by Crippen LogP contribution is 2.47. The van der Waals surface area contributed by atoms with E-state index in [1.165, 1.54) is 6.07 Å². The second kappa shape index (κ2) is 9.42. The maximum atomic E-state index is 13.4. The van der Waals surface area contributed by atoms with Gasteiger partial charge in [-0.2, -0.15) is 0 Å². The fourth-order valence-electron chi connectivity index (χ4n) is 2.53. The topological polar surface area (TPSA) is 39.7 Å². The van der Waals surface area contributed by atoms with Gasteiger partial charge in [-0.05, 0) is 44.1 Å². The lowest BCUT2D eigenvalue weighted by molar-refractivity contribution is 0.357. The quantitative estimate of drug-likeness (QED) is 0.394. The van der Waals surface area contributed by atoms with Crippen LogP contribution in [0.5, 0.6) is 0 Å². The van der Waals surface area contributed by atoms with Crippen molar-refractivity contribution in [1.82, 2.24) is 15.5 Å². The van der Waals surface area contributed by atoms with E-state index in [-0.39, 0.29) is 35.2 Å². The maximum Gasteiger partial charge on any atom is 0.191 e. The predicted molar refractivity (Wildman–Crippen MR) is 105 cm³/mol. The molecule has 1 aliphatic carbocycles. The van der Waals surface area contributed by atoms with E-state index >= 15 is 0 Å². The van der Waals surface area contributed by atoms with Gasteiger partial charge in [-0.1, -0.05) is 19.1 Å². The lowest BCUT2D eigenvalue weighted by Crippen LogP contribution is -2.43. The van der Waals surface area contributed by atoms with Crippen molar-refractivity contribution in [3.63, 3.8) is 0 Å². The Bertz CT molecular complexity index is 517. The lowest BCUT2D eigenvalue weighted by atomic mass is 9.96. The number of hydrogen-bond donors (Lipinski definition) is 2. The molecule has 0 heterocycles. The number of nitrogens with one attached hydrogen (secondary N) is 2. The van der Waals surface area contributed by atoms with Crippen LogP contribution in [0.4, 0.5) is 4.39 Å². The van der Waals surface area contributed by atoms with Crippen molar-refractivity contribution < 1.29 is 4.39 Å². The number of hydrogen-bond acceptors (Lipinski definition) is 2. The molecule has 1 aromatic rings. The first kappa shape index (κ1) is 20.2. The van der Waals surface area contributed by atoms with Crippen LogP contribution in [0.2, 0.25) is 0 Å². The van der Waals surface area contributed by atoms with E-state index in [2.05, 4.69) is 34.5 Å². The van der Waals surface area contributed by atoms with Crippen molar-refractivity contribution in [3.8, 4) is 0 Å². The van der Waals surface area contributed by atoms with E-state index in [1.54, 1.807) is 19.2 Å². The van der Waals surface area contributed by atoms with Gasteiger partial charge >= 0.3 is 0 Å². The van der Waals surface area contributed by atoms with Crippen LogP contribution in [0.3, 0.4) is 0 Å². The molecule has 0 spiro atoms. The Morgan fingerprint density at radius 3 is 2.65 bits per heavy atom. The smallest absolute Gasteiger partial charge is 0.191 e. The van der Waals surface area contributed by atoms with Gasteiger partial charge in [0.15, 0.2) is 5.96 Å². The third kappa shape index (κ3) is 5.91. The second-order valence-corrected chi connectivity index (χ2v) is 6.04. The molecule has 23 heavy (non-hydrogen) atoms. The molecule has 0 radical (unpaired) electrons. The van der Waals surface area contributed by atoms with Gasteiger partial charge in [0.2, 0.25) is 0 Å². The Kier molecular flexibility index (Phi) is 8.25. The van der Waals surface area contributed by atoms with Crippen LogP contribution in [0.15, 0.2) is 29.3 Å². The summed E-state index contributed by atoms with van der Waals surface area (Å²) in [6, 6.07) is 6.96. The average Bonchev–Trinajstić information content (AvgIpc) is 3.31. The van der Waals surface area contributed by atoms with Crippen molar-refractivity contribution in [2.24, 2.45) is 4.99 Å². The first-order valence-electron chi connectivity index (χ1n) is 7.99. The molecule has 1 aromatic carbocycles. The Morgan fingerprint density at radius 1 is 1.35 bits per heavy atom. The molecule has 0 unspecified atom stereocenters. The summed E-state index contributed by atoms with van der Waals surface area (Å²) in [5, 5.41) is 6.70. The standard InChI is InChI=1S/C17H27FN4.HI/c1-4-22(3)11-10-20-16(19-2)21-13-17(8-9-17)14-6-5-7-15(18)12-14;/h5-7,12H,4,8-11,13H2,1-3H3,(H2,19,20,21);1H. The lowest BCUT2D eigenvalue weighted by Gasteiger charge is -2.20. The third-order valence-corrected chi connectivity index (χ3v) is 4.43. The number of guanidine groups is 1. The Labute approximate surface area is 156 Å². The van der Waals surface area contributed by atoms with Crippen molar-refractivity contribution in [2.75, 3.05) is 40.3 Å². The summed E-state index contributed by atoms with van der Waals surface area (Å²) in [4.78, 5) is 6.50. The normalized spacial score (nSPS) is 16.0. The van der Waals surface area contributed by atoms with Gasteiger partial charge < -0.3 is 15.5 Å². The van der Waals surface area contributed by atoms with Crippen molar-refractivity contribution in [1.29, 1.82) is 0 Å². The predicted octanol–water partition coefficient (Wildman–Crippen LogP) is 2.59. The summed E-state index contributed by atoms with van der Waals surface area (Å²) in [6.07, 6.45) is 2.19. The number of nitrogens with zero attached hydrogens (tertiary/aromatic N) is 2. The number of rotatable bonds is 7. The summed E-state index contributed by atoms with van der Waals surface area (Å²) in [5.41, 5.74) is 1.15. The molecular weight excluding hydrogens is 406 g/mol. The van der Waals surface area contributed by atoms with Gasteiger partial charge in [0, 0.05) is 32.1 Å². The number of aliphatic imine (C=N–C) groups is 1. The van der Waals surface area contributed by atoms with E-state index < -0.39 is 0 Å². The van der Waals surface area contributed by atoms with Gasteiger partial charge in [0.05, 0.1) is 0 Å². The summed E-state index contributed by atoms with van der Waals surface area (Å²) in [7, 11) is 3.88. The minimum absolute atomic E-state index is 0. The monoisotopic (exact) mass is 434 g/mol. The minimum Gasteiger partial charge on any atom is -0.356 e.